The van der Waals surface area contributed by atoms with Crippen LogP contribution in [0.15, 0.2) is 60.7 Å². The molecule has 116 valence electrons. The lowest BCUT2D eigenvalue weighted by molar-refractivity contribution is 0.0986. The number of rotatable bonds is 5. The van der Waals surface area contributed by atoms with Gasteiger partial charge in [-0.3, -0.25) is 4.79 Å². The number of nitrogens with one attached hydrogen (secondary N) is 1. The molecule has 0 radical (unpaired) electrons. The van der Waals surface area contributed by atoms with Crippen LogP contribution in [0, 0.1) is 5.82 Å². The summed E-state index contributed by atoms with van der Waals surface area (Å²) in [5, 5.41) is 5.27. The topological polar surface area (TPSA) is 29.1 Å². The zero-order chi connectivity index (χ0) is 16.2. The molecule has 0 aromatic heterocycles. The van der Waals surface area contributed by atoms with Crippen LogP contribution in [-0.4, -0.2) is 12.3 Å². The summed E-state index contributed by atoms with van der Waals surface area (Å²) in [7, 11) is 0. The van der Waals surface area contributed by atoms with Crippen molar-refractivity contribution < 1.29 is 9.18 Å². The van der Waals surface area contributed by atoms with Crippen molar-refractivity contribution in [1.29, 1.82) is 0 Å². The van der Waals surface area contributed by atoms with Crippen LogP contribution in [0.25, 0.3) is 10.8 Å². The lowest BCUT2D eigenvalue weighted by Gasteiger charge is -2.07. The van der Waals surface area contributed by atoms with E-state index in [1.807, 2.05) is 42.5 Å². The second kappa shape index (κ2) is 6.80. The molecule has 0 amide bonds. The van der Waals surface area contributed by atoms with Gasteiger partial charge in [0.25, 0.3) is 0 Å². The maximum absolute atomic E-state index is 13.3. The van der Waals surface area contributed by atoms with Crippen LogP contribution in [0.2, 0.25) is 5.02 Å². The van der Waals surface area contributed by atoms with Crippen LogP contribution in [0.4, 0.5) is 10.1 Å². The average Bonchev–Trinajstić information content (AvgIpc) is 2.57. The normalized spacial score (nSPS) is 10.7. The Hall–Kier alpha value is -2.39. The second-order valence-corrected chi connectivity index (χ2v) is 5.70. The molecule has 1 N–H and O–H groups in total. The Morgan fingerprint density at radius 2 is 1.78 bits per heavy atom. The van der Waals surface area contributed by atoms with Crippen molar-refractivity contribution in [2.24, 2.45) is 0 Å². The molecule has 0 atom stereocenters. The lowest BCUT2D eigenvalue weighted by atomic mass is 10.0. The van der Waals surface area contributed by atoms with E-state index in [4.69, 9.17) is 11.6 Å². The van der Waals surface area contributed by atoms with Gasteiger partial charge >= 0.3 is 0 Å². The second-order valence-electron chi connectivity index (χ2n) is 5.29. The highest BCUT2D eigenvalue weighted by Gasteiger charge is 2.07. The zero-order valence-corrected chi connectivity index (χ0v) is 13.1. The fourth-order valence-corrected chi connectivity index (χ4v) is 2.55. The molecule has 3 aromatic rings. The quantitative estimate of drug-likeness (QED) is 0.643. The molecule has 0 unspecified atom stereocenters. The van der Waals surface area contributed by atoms with Crippen LogP contribution < -0.4 is 5.32 Å². The SMILES string of the molecule is O=C(CCNc1ccc(Cl)c(F)c1)c1ccc2ccccc2c1. The molecule has 4 heteroatoms. The van der Waals surface area contributed by atoms with E-state index in [0.29, 0.717) is 24.2 Å². The number of hydrogen-bond donors (Lipinski definition) is 1. The molecule has 0 saturated heterocycles. The first kappa shape index (κ1) is 15.5. The monoisotopic (exact) mass is 327 g/mol. The predicted molar refractivity (Wildman–Crippen MR) is 92.8 cm³/mol. The summed E-state index contributed by atoms with van der Waals surface area (Å²) in [6.45, 7) is 0.437. The number of Topliss-reactive ketones (excluding diaryl/α,β-unsaturated/α-hetero) is 1. The molecule has 0 saturated carbocycles. The van der Waals surface area contributed by atoms with Crippen molar-refractivity contribution in [2.45, 2.75) is 6.42 Å². The van der Waals surface area contributed by atoms with Gasteiger partial charge in [-0.1, -0.05) is 48.0 Å². The zero-order valence-electron chi connectivity index (χ0n) is 12.4. The van der Waals surface area contributed by atoms with Gasteiger partial charge in [-0.25, -0.2) is 4.39 Å². The third kappa shape index (κ3) is 3.69. The number of carbonyl (C=O) groups excluding carboxylic acids is 1. The number of halogens is 2. The van der Waals surface area contributed by atoms with Crippen molar-refractivity contribution in [1.82, 2.24) is 0 Å². The smallest absolute Gasteiger partial charge is 0.164 e. The molecule has 0 heterocycles. The van der Waals surface area contributed by atoms with Crippen LogP contribution in [0.3, 0.4) is 0 Å². The highest BCUT2D eigenvalue weighted by Crippen LogP contribution is 2.19. The number of hydrogen-bond acceptors (Lipinski definition) is 2. The van der Waals surface area contributed by atoms with Gasteiger partial charge < -0.3 is 5.32 Å². The van der Waals surface area contributed by atoms with Gasteiger partial charge in [0, 0.05) is 24.2 Å². The van der Waals surface area contributed by atoms with Gasteiger partial charge in [-0.05, 0) is 35.0 Å². The molecule has 2 nitrogen and oxygen atoms in total. The summed E-state index contributed by atoms with van der Waals surface area (Å²) in [5.41, 5.74) is 1.30. The third-order valence-corrected chi connectivity index (χ3v) is 3.98. The molecule has 23 heavy (non-hydrogen) atoms. The van der Waals surface area contributed by atoms with Crippen molar-refractivity contribution in [2.75, 3.05) is 11.9 Å². The Labute approximate surface area is 138 Å². The summed E-state index contributed by atoms with van der Waals surface area (Å²) < 4.78 is 13.3. The number of carbonyl (C=O) groups is 1. The summed E-state index contributed by atoms with van der Waals surface area (Å²) in [6.07, 6.45) is 0.336. The first-order valence-corrected chi connectivity index (χ1v) is 7.72. The van der Waals surface area contributed by atoms with Crippen LogP contribution in [0.1, 0.15) is 16.8 Å². The van der Waals surface area contributed by atoms with Crippen molar-refractivity contribution in [3.05, 3.63) is 77.1 Å². The maximum atomic E-state index is 13.3. The maximum Gasteiger partial charge on any atom is 0.164 e. The number of ketones is 1. The molecule has 3 rings (SSSR count). The van der Waals surface area contributed by atoms with Crippen molar-refractivity contribution in [3.8, 4) is 0 Å². The predicted octanol–water partition coefficient (Wildman–Crippen LogP) is 5.32. The van der Waals surface area contributed by atoms with Crippen molar-refractivity contribution in [3.63, 3.8) is 0 Å². The van der Waals surface area contributed by atoms with Gasteiger partial charge in [0.1, 0.15) is 5.82 Å². The van der Waals surface area contributed by atoms with E-state index in [0.717, 1.165) is 10.8 Å². The van der Waals surface area contributed by atoms with Crippen LogP contribution in [-0.2, 0) is 0 Å². The van der Waals surface area contributed by atoms with Gasteiger partial charge in [0.15, 0.2) is 5.78 Å². The van der Waals surface area contributed by atoms with Gasteiger partial charge in [0.05, 0.1) is 5.02 Å². The molecule has 0 aliphatic rings. The molecule has 0 bridgehead atoms. The Kier molecular flexibility index (Phi) is 4.58. The minimum Gasteiger partial charge on any atom is -0.385 e. The lowest BCUT2D eigenvalue weighted by Crippen LogP contribution is -2.09. The molecule has 0 aliphatic carbocycles. The largest absolute Gasteiger partial charge is 0.385 e. The van der Waals surface area contributed by atoms with Crippen LogP contribution >= 0.6 is 11.6 Å². The van der Waals surface area contributed by atoms with E-state index in [-0.39, 0.29) is 10.8 Å². The first-order valence-electron chi connectivity index (χ1n) is 7.34. The fourth-order valence-electron chi connectivity index (χ4n) is 2.43. The number of benzene rings is 3. The molecular weight excluding hydrogens is 313 g/mol. The van der Waals surface area contributed by atoms with Crippen LogP contribution in [0.5, 0.6) is 0 Å². The van der Waals surface area contributed by atoms with E-state index < -0.39 is 5.82 Å². The number of fused-ring (bicyclic) bond motifs is 1. The van der Waals surface area contributed by atoms with E-state index in [1.165, 1.54) is 12.1 Å². The average molecular weight is 328 g/mol. The van der Waals surface area contributed by atoms with Crippen molar-refractivity contribution >= 4 is 33.8 Å². The molecular formula is C19H15ClFNO. The summed E-state index contributed by atoms with van der Waals surface area (Å²) in [4.78, 5) is 12.3. The Morgan fingerprint density at radius 3 is 2.57 bits per heavy atom. The highest BCUT2D eigenvalue weighted by molar-refractivity contribution is 6.30. The Morgan fingerprint density at radius 1 is 1.00 bits per heavy atom. The minimum atomic E-state index is -0.475. The standard InChI is InChI=1S/C19H15ClFNO/c20-17-8-7-16(12-18(17)21)22-10-9-19(23)15-6-5-13-3-1-2-4-14(13)11-15/h1-8,11-12,22H,9-10H2. The van der Waals surface area contributed by atoms with E-state index >= 15 is 0 Å². The minimum absolute atomic E-state index is 0.0534. The van der Waals surface area contributed by atoms with Gasteiger partial charge in [-0.15, -0.1) is 0 Å². The highest BCUT2D eigenvalue weighted by atomic mass is 35.5. The Bertz CT molecular complexity index is 863. The first-order chi connectivity index (χ1) is 11.1. The summed E-state index contributed by atoms with van der Waals surface area (Å²) >= 11 is 5.64. The molecule has 0 aliphatic heterocycles. The third-order valence-electron chi connectivity index (χ3n) is 3.67. The van der Waals surface area contributed by atoms with Gasteiger partial charge in [-0.2, -0.15) is 0 Å². The molecule has 3 aromatic carbocycles. The van der Waals surface area contributed by atoms with E-state index in [1.54, 1.807) is 6.07 Å². The fraction of sp³-hybridized carbons (Fsp3) is 0.105. The number of anilines is 1. The van der Waals surface area contributed by atoms with E-state index in [2.05, 4.69) is 5.32 Å². The Balaban J connectivity index is 1.62. The molecule has 0 spiro atoms. The summed E-state index contributed by atoms with van der Waals surface area (Å²) in [6, 6.07) is 18.1. The molecule has 0 fully saturated rings. The van der Waals surface area contributed by atoms with E-state index in [9.17, 15) is 9.18 Å². The summed E-state index contributed by atoms with van der Waals surface area (Å²) in [5.74, 6) is -0.421. The van der Waals surface area contributed by atoms with Gasteiger partial charge in [0.2, 0.25) is 0 Å².